The molecule has 1 saturated heterocycles. The molecule has 1 fully saturated rings. The van der Waals surface area contributed by atoms with Crippen molar-refractivity contribution in [2.24, 2.45) is 5.92 Å². The lowest BCUT2D eigenvalue weighted by atomic mass is 9.88. The molecule has 3 rings (SSSR count). The normalized spacial score (nSPS) is 17.4. The van der Waals surface area contributed by atoms with Gasteiger partial charge in [0.1, 0.15) is 6.23 Å². The quantitative estimate of drug-likeness (QED) is 0.419. The molecule has 1 aliphatic heterocycles. The van der Waals surface area contributed by atoms with Crippen LogP contribution in [0, 0.1) is 5.92 Å². The molecule has 12 heteroatoms. The van der Waals surface area contributed by atoms with Gasteiger partial charge in [-0.2, -0.15) is 21.6 Å². The van der Waals surface area contributed by atoms with Crippen molar-refractivity contribution in [1.82, 2.24) is 10.2 Å². The third-order valence-corrected chi connectivity index (χ3v) is 7.85. The SMILES string of the molecule is CC(C)[C@@H](NC(=O)Cc1ccc(NS(=O)(=O)C(F)(F)F)cc1)C(O)N1CCC(c2ccc(Cl)cc2)CC1. The molecule has 0 spiro atoms. The minimum atomic E-state index is -5.52. The predicted molar refractivity (Wildman–Crippen MR) is 137 cm³/mol. The van der Waals surface area contributed by atoms with Gasteiger partial charge in [0.05, 0.1) is 12.5 Å². The van der Waals surface area contributed by atoms with Gasteiger partial charge in [-0.3, -0.25) is 14.4 Å². The summed E-state index contributed by atoms with van der Waals surface area (Å²) >= 11 is 5.98. The van der Waals surface area contributed by atoms with Crippen molar-refractivity contribution in [3.05, 3.63) is 64.7 Å². The Hall–Kier alpha value is -2.34. The molecule has 1 heterocycles. The summed E-state index contributed by atoms with van der Waals surface area (Å²) in [5, 5.41) is 14.6. The van der Waals surface area contributed by atoms with E-state index in [1.165, 1.54) is 22.4 Å². The van der Waals surface area contributed by atoms with Crippen LogP contribution < -0.4 is 10.0 Å². The van der Waals surface area contributed by atoms with Crippen LogP contribution >= 0.6 is 11.6 Å². The molecule has 1 amide bonds. The predicted octanol–water partition coefficient (Wildman–Crippen LogP) is 4.48. The Labute approximate surface area is 220 Å². The molecule has 37 heavy (non-hydrogen) atoms. The van der Waals surface area contributed by atoms with Gasteiger partial charge < -0.3 is 10.4 Å². The number of piperidine rings is 1. The van der Waals surface area contributed by atoms with Crippen molar-refractivity contribution < 1.29 is 31.5 Å². The van der Waals surface area contributed by atoms with E-state index in [0.717, 1.165) is 25.0 Å². The second-order valence-corrected chi connectivity index (χ2v) is 11.6. The number of amides is 1. The molecule has 0 radical (unpaired) electrons. The molecule has 7 nitrogen and oxygen atoms in total. The Kier molecular flexibility index (Phi) is 9.49. The van der Waals surface area contributed by atoms with E-state index in [1.807, 2.05) is 43.0 Å². The highest BCUT2D eigenvalue weighted by atomic mass is 35.5. The number of carbonyl (C=O) groups is 1. The van der Waals surface area contributed by atoms with Crippen molar-refractivity contribution in [3.63, 3.8) is 0 Å². The standard InChI is InChI=1S/C25H31ClF3N3O4S/c1-16(2)23(24(34)32-13-11-19(12-14-32)18-5-7-20(26)8-6-18)30-22(33)15-17-3-9-21(10-4-17)31-37(35,36)25(27,28)29/h3-10,16,19,23-24,31,34H,11-15H2,1-2H3,(H,30,33)/t23-,24?/m1/s1. The van der Waals surface area contributed by atoms with Crippen molar-refractivity contribution >= 4 is 33.2 Å². The third-order valence-electron chi connectivity index (χ3n) is 6.49. The van der Waals surface area contributed by atoms with Gasteiger partial charge in [0.25, 0.3) is 0 Å². The maximum atomic E-state index is 12.7. The second kappa shape index (κ2) is 12.0. The van der Waals surface area contributed by atoms with Crippen LogP contribution in [0.3, 0.4) is 0 Å². The number of likely N-dealkylation sites (tertiary alicyclic amines) is 1. The monoisotopic (exact) mass is 561 g/mol. The molecule has 204 valence electrons. The summed E-state index contributed by atoms with van der Waals surface area (Å²) in [7, 11) is -5.52. The summed E-state index contributed by atoms with van der Waals surface area (Å²) in [6.45, 7) is 5.14. The van der Waals surface area contributed by atoms with E-state index in [1.54, 1.807) is 0 Å². The molecule has 0 aromatic heterocycles. The third kappa shape index (κ3) is 7.83. The Morgan fingerprint density at radius 1 is 1.08 bits per heavy atom. The number of nitrogens with one attached hydrogen (secondary N) is 2. The lowest BCUT2D eigenvalue weighted by molar-refractivity contribution is -0.125. The average Bonchev–Trinajstić information content (AvgIpc) is 2.83. The van der Waals surface area contributed by atoms with Crippen molar-refractivity contribution in [2.45, 2.75) is 56.8 Å². The van der Waals surface area contributed by atoms with Gasteiger partial charge >= 0.3 is 15.5 Å². The fraction of sp³-hybridized carbons (Fsp3) is 0.480. The van der Waals surface area contributed by atoms with E-state index in [2.05, 4.69) is 5.32 Å². The number of benzene rings is 2. The summed E-state index contributed by atoms with van der Waals surface area (Å²) < 4.78 is 61.5. The number of alkyl halides is 3. The number of sulfonamides is 1. The number of carbonyl (C=O) groups excluding carboxylic acids is 1. The van der Waals surface area contributed by atoms with E-state index >= 15 is 0 Å². The van der Waals surface area contributed by atoms with Crippen LogP contribution in [0.25, 0.3) is 0 Å². The first kappa shape index (κ1) is 29.2. The zero-order valence-electron chi connectivity index (χ0n) is 20.5. The Morgan fingerprint density at radius 3 is 2.16 bits per heavy atom. The molecule has 1 aliphatic rings. The Balaban J connectivity index is 1.55. The molecular formula is C25H31ClF3N3O4S. The topological polar surface area (TPSA) is 98.7 Å². The molecule has 2 aromatic carbocycles. The van der Waals surface area contributed by atoms with Gasteiger partial charge in [-0.05, 0) is 60.1 Å². The van der Waals surface area contributed by atoms with Crippen LogP contribution in [0.1, 0.15) is 43.7 Å². The van der Waals surface area contributed by atoms with Crippen molar-refractivity contribution in [2.75, 3.05) is 17.8 Å². The van der Waals surface area contributed by atoms with Crippen LogP contribution in [0.15, 0.2) is 48.5 Å². The maximum absolute atomic E-state index is 12.7. The largest absolute Gasteiger partial charge is 0.516 e. The summed E-state index contributed by atoms with van der Waals surface area (Å²) in [6.07, 6.45) is 0.763. The minimum Gasteiger partial charge on any atom is -0.376 e. The number of rotatable bonds is 9. The highest BCUT2D eigenvalue weighted by molar-refractivity contribution is 7.93. The highest BCUT2D eigenvalue weighted by Gasteiger charge is 2.46. The van der Waals surface area contributed by atoms with Gasteiger partial charge in [-0.25, -0.2) is 0 Å². The molecule has 0 bridgehead atoms. The zero-order valence-corrected chi connectivity index (χ0v) is 22.1. The van der Waals surface area contributed by atoms with E-state index in [4.69, 9.17) is 11.6 Å². The van der Waals surface area contributed by atoms with Crippen molar-refractivity contribution in [1.29, 1.82) is 0 Å². The van der Waals surface area contributed by atoms with E-state index in [9.17, 15) is 31.5 Å². The number of hydrogen-bond acceptors (Lipinski definition) is 5. The van der Waals surface area contributed by atoms with Gasteiger partial charge in [0.2, 0.25) is 5.91 Å². The summed E-state index contributed by atoms with van der Waals surface area (Å²) in [6, 6.07) is 12.3. The lowest BCUT2D eigenvalue weighted by Gasteiger charge is -2.40. The highest BCUT2D eigenvalue weighted by Crippen LogP contribution is 2.30. The molecule has 0 aliphatic carbocycles. The molecule has 2 atom stereocenters. The Morgan fingerprint density at radius 2 is 1.65 bits per heavy atom. The Bertz CT molecular complexity index is 1150. The first-order valence-corrected chi connectivity index (χ1v) is 13.8. The molecule has 3 N–H and O–H groups in total. The molecule has 0 saturated carbocycles. The number of nitrogens with zero attached hydrogens (tertiary/aromatic N) is 1. The van der Waals surface area contributed by atoms with Crippen LogP contribution in [0.4, 0.5) is 18.9 Å². The summed E-state index contributed by atoms with van der Waals surface area (Å²) in [4.78, 5) is 14.7. The first-order chi connectivity index (χ1) is 17.3. The first-order valence-electron chi connectivity index (χ1n) is 11.9. The van der Waals surface area contributed by atoms with Crippen LogP contribution in [0.5, 0.6) is 0 Å². The number of halogens is 4. The van der Waals surface area contributed by atoms with Gasteiger partial charge in [-0.1, -0.05) is 49.7 Å². The molecular weight excluding hydrogens is 531 g/mol. The zero-order chi connectivity index (χ0) is 27.4. The average molecular weight is 562 g/mol. The maximum Gasteiger partial charge on any atom is 0.516 e. The number of aliphatic hydroxyl groups excluding tert-OH is 1. The second-order valence-electron chi connectivity index (χ2n) is 9.54. The van der Waals surface area contributed by atoms with Crippen LogP contribution in [-0.4, -0.2) is 55.2 Å². The summed E-state index contributed by atoms with van der Waals surface area (Å²) in [5.74, 6) is -0.0547. The van der Waals surface area contributed by atoms with Gasteiger partial charge in [0, 0.05) is 23.8 Å². The van der Waals surface area contributed by atoms with E-state index in [0.29, 0.717) is 29.6 Å². The van der Waals surface area contributed by atoms with Crippen LogP contribution in [-0.2, 0) is 21.2 Å². The summed E-state index contributed by atoms with van der Waals surface area (Å²) in [5.41, 5.74) is -4.00. The van der Waals surface area contributed by atoms with Crippen LogP contribution in [0.2, 0.25) is 5.02 Å². The molecule has 1 unspecified atom stereocenters. The van der Waals surface area contributed by atoms with Gasteiger partial charge in [0.15, 0.2) is 0 Å². The fourth-order valence-electron chi connectivity index (χ4n) is 4.37. The molecule has 2 aromatic rings. The fourth-order valence-corrected chi connectivity index (χ4v) is 5.06. The van der Waals surface area contributed by atoms with E-state index < -0.39 is 27.8 Å². The van der Waals surface area contributed by atoms with Crippen molar-refractivity contribution in [3.8, 4) is 0 Å². The van der Waals surface area contributed by atoms with E-state index in [-0.39, 0.29) is 23.9 Å². The number of anilines is 1. The minimum absolute atomic E-state index is 0.0629. The number of aliphatic hydroxyl groups is 1. The van der Waals surface area contributed by atoms with Gasteiger partial charge in [-0.15, -0.1) is 0 Å². The smallest absolute Gasteiger partial charge is 0.376 e. The lowest BCUT2D eigenvalue weighted by Crippen LogP contribution is -2.56. The number of hydrogen-bond donors (Lipinski definition) is 3.